The standard InChI is InChI=1S/C24H18O2S/c25-27(26,23-15-11-21(12-16-23)19-7-3-1-4-8-19)24-17-13-22(14-18-24)20-9-5-2-6-10-20/h1-18H. The van der Waals surface area contributed by atoms with Crippen LogP contribution in [0.2, 0.25) is 0 Å². The fourth-order valence-electron chi connectivity index (χ4n) is 3.05. The number of hydrogen-bond acceptors (Lipinski definition) is 2. The fourth-order valence-corrected chi connectivity index (χ4v) is 4.31. The molecule has 0 unspecified atom stereocenters. The van der Waals surface area contributed by atoms with Gasteiger partial charge in [-0.2, -0.15) is 0 Å². The molecule has 0 saturated carbocycles. The van der Waals surface area contributed by atoms with Gasteiger partial charge in [0.05, 0.1) is 9.79 Å². The van der Waals surface area contributed by atoms with Crippen molar-refractivity contribution in [3.05, 3.63) is 109 Å². The average molecular weight is 370 g/mol. The SMILES string of the molecule is O=S(=O)(c1ccc(-c2ccccc2)cc1)c1ccc(-c2ccccc2)cc1. The van der Waals surface area contributed by atoms with Crippen molar-refractivity contribution in [2.45, 2.75) is 9.79 Å². The van der Waals surface area contributed by atoms with Gasteiger partial charge in [-0.15, -0.1) is 0 Å². The third-order valence-electron chi connectivity index (χ3n) is 4.54. The van der Waals surface area contributed by atoms with Crippen LogP contribution in [-0.2, 0) is 9.84 Å². The maximum atomic E-state index is 12.9. The lowest BCUT2D eigenvalue weighted by Crippen LogP contribution is -2.01. The molecule has 27 heavy (non-hydrogen) atoms. The second kappa shape index (κ2) is 7.22. The molecule has 0 N–H and O–H groups in total. The van der Waals surface area contributed by atoms with E-state index in [0.29, 0.717) is 9.79 Å². The molecule has 3 heteroatoms. The van der Waals surface area contributed by atoms with Gasteiger partial charge in [-0.1, -0.05) is 84.9 Å². The summed E-state index contributed by atoms with van der Waals surface area (Å²) in [7, 11) is -3.54. The predicted octanol–water partition coefficient (Wildman–Crippen LogP) is 5.85. The average Bonchev–Trinajstić information content (AvgIpc) is 2.75. The Bertz CT molecular complexity index is 1040. The molecule has 0 radical (unpaired) electrons. The van der Waals surface area contributed by atoms with E-state index in [4.69, 9.17) is 0 Å². The topological polar surface area (TPSA) is 34.1 Å². The van der Waals surface area contributed by atoms with Crippen molar-refractivity contribution >= 4 is 9.84 Å². The molecule has 0 aliphatic heterocycles. The molecule has 0 aromatic heterocycles. The highest BCUT2D eigenvalue weighted by atomic mass is 32.2. The summed E-state index contributed by atoms with van der Waals surface area (Å²) in [6.07, 6.45) is 0. The van der Waals surface area contributed by atoms with Crippen molar-refractivity contribution in [3.63, 3.8) is 0 Å². The molecule has 0 bridgehead atoms. The van der Waals surface area contributed by atoms with Gasteiger partial charge in [-0.05, 0) is 46.5 Å². The predicted molar refractivity (Wildman–Crippen MR) is 109 cm³/mol. The first-order valence-corrected chi connectivity index (χ1v) is 10.2. The second-order valence-electron chi connectivity index (χ2n) is 6.28. The van der Waals surface area contributed by atoms with E-state index in [1.165, 1.54) is 0 Å². The van der Waals surface area contributed by atoms with Crippen LogP contribution in [0.4, 0.5) is 0 Å². The van der Waals surface area contributed by atoms with Crippen LogP contribution < -0.4 is 0 Å². The Balaban J connectivity index is 1.63. The van der Waals surface area contributed by atoms with Crippen LogP contribution in [-0.4, -0.2) is 8.42 Å². The zero-order valence-electron chi connectivity index (χ0n) is 14.6. The highest BCUT2D eigenvalue weighted by Gasteiger charge is 2.17. The largest absolute Gasteiger partial charge is 0.219 e. The Morgan fingerprint density at radius 1 is 0.370 bits per heavy atom. The molecule has 132 valence electrons. The van der Waals surface area contributed by atoms with Crippen molar-refractivity contribution in [1.82, 2.24) is 0 Å². The molecule has 2 nitrogen and oxygen atoms in total. The smallest absolute Gasteiger partial charge is 0.206 e. The third kappa shape index (κ3) is 3.55. The van der Waals surface area contributed by atoms with E-state index in [-0.39, 0.29) is 0 Å². The molecular formula is C24H18O2S. The first-order chi connectivity index (χ1) is 13.1. The lowest BCUT2D eigenvalue weighted by Gasteiger charge is -2.08. The van der Waals surface area contributed by atoms with Gasteiger partial charge >= 0.3 is 0 Å². The molecule has 0 spiro atoms. The Labute approximate surface area is 159 Å². The molecule has 0 saturated heterocycles. The molecule has 4 aromatic rings. The summed E-state index contributed by atoms with van der Waals surface area (Å²) >= 11 is 0. The summed E-state index contributed by atoms with van der Waals surface area (Å²) in [5.41, 5.74) is 4.12. The van der Waals surface area contributed by atoms with Gasteiger partial charge in [0.2, 0.25) is 9.84 Å². The summed E-state index contributed by atoms with van der Waals surface area (Å²) in [4.78, 5) is 0.601. The molecule has 0 amide bonds. The summed E-state index contributed by atoms with van der Waals surface area (Å²) in [5, 5.41) is 0. The summed E-state index contributed by atoms with van der Waals surface area (Å²) in [6, 6.07) is 33.9. The highest BCUT2D eigenvalue weighted by Crippen LogP contribution is 2.27. The number of rotatable bonds is 4. The Hall–Kier alpha value is -3.17. The Morgan fingerprint density at radius 3 is 1.00 bits per heavy atom. The van der Waals surface area contributed by atoms with E-state index in [2.05, 4.69) is 0 Å². The van der Waals surface area contributed by atoms with Crippen LogP contribution in [0.5, 0.6) is 0 Å². The molecule has 0 aliphatic rings. The van der Waals surface area contributed by atoms with Gasteiger partial charge in [0.15, 0.2) is 0 Å². The Morgan fingerprint density at radius 2 is 0.667 bits per heavy atom. The Kier molecular flexibility index (Phi) is 4.61. The molecule has 0 fully saturated rings. The van der Waals surface area contributed by atoms with Crippen molar-refractivity contribution in [2.24, 2.45) is 0 Å². The van der Waals surface area contributed by atoms with E-state index in [1.54, 1.807) is 24.3 Å². The van der Waals surface area contributed by atoms with Crippen LogP contribution >= 0.6 is 0 Å². The zero-order chi connectivity index (χ0) is 18.7. The molecule has 0 aliphatic carbocycles. The molecule has 0 heterocycles. The fraction of sp³-hybridized carbons (Fsp3) is 0. The number of sulfone groups is 1. The minimum atomic E-state index is -3.54. The van der Waals surface area contributed by atoms with Crippen LogP contribution in [0.3, 0.4) is 0 Å². The van der Waals surface area contributed by atoms with Crippen LogP contribution in [0, 0.1) is 0 Å². The van der Waals surface area contributed by atoms with Crippen molar-refractivity contribution in [3.8, 4) is 22.3 Å². The monoisotopic (exact) mass is 370 g/mol. The minimum absolute atomic E-state index is 0.301. The van der Waals surface area contributed by atoms with Gasteiger partial charge in [-0.25, -0.2) is 8.42 Å². The highest BCUT2D eigenvalue weighted by molar-refractivity contribution is 7.91. The van der Waals surface area contributed by atoms with Crippen LogP contribution in [0.15, 0.2) is 119 Å². The van der Waals surface area contributed by atoms with E-state index >= 15 is 0 Å². The summed E-state index contributed by atoms with van der Waals surface area (Å²) < 4.78 is 25.9. The molecule has 0 atom stereocenters. The van der Waals surface area contributed by atoms with Crippen molar-refractivity contribution < 1.29 is 8.42 Å². The van der Waals surface area contributed by atoms with Gasteiger partial charge < -0.3 is 0 Å². The van der Waals surface area contributed by atoms with Crippen LogP contribution in [0.1, 0.15) is 0 Å². The maximum Gasteiger partial charge on any atom is 0.206 e. The first kappa shape index (κ1) is 17.3. The summed E-state index contributed by atoms with van der Waals surface area (Å²) in [6.45, 7) is 0. The van der Waals surface area contributed by atoms with Gasteiger partial charge in [0.25, 0.3) is 0 Å². The lowest BCUT2D eigenvalue weighted by molar-refractivity contribution is 0.596. The van der Waals surface area contributed by atoms with E-state index < -0.39 is 9.84 Å². The third-order valence-corrected chi connectivity index (χ3v) is 6.33. The van der Waals surface area contributed by atoms with E-state index in [9.17, 15) is 8.42 Å². The van der Waals surface area contributed by atoms with Gasteiger partial charge in [-0.3, -0.25) is 0 Å². The maximum absolute atomic E-state index is 12.9. The lowest BCUT2D eigenvalue weighted by atomic mass is 10.1. The van der Waals surface area contributed by atoms with E-state index in [0.717, 1.165) is 22.3 Å². The number of benzene rings is 4. The molecule has 4 aromatic carbocycles. The van der Waals surface area contributed by atoms with Crippen LogP contribution in [0.25, 0.3) is 22.3 Å². The summed E-state index contributed by atoms with van der Waals surface area (Å²) in [5.74, 6) is 0. The first-order valence-electron chi connectivity index (χ1n) is 8.71. The molecule has 4 rings (SSSR count). The molecular weight excluding hydrogens is 352 g/mol. The normalized spacial score (nSPS) is 11.3. The minimum Gasteiger partial charge on any atom is -0.219 e. The number of hydrogen-bond donors (Lipinski definition) is 0. The van der Waals surface area contributed by atoms with Crippen molar-refractivity contribution in [1.29, 1.82) is 0 Å². The quantitative estimate of drug-likeness (QED) is 0.451. The van der Waals surface area contributed by atoms with Gasteiger partial charge in [0.1, 0.15) is 0 Å². The van der Waals surface area contributed by atoms with Gasteiger partial charge in [0, 0.05) is 0 Å². The van der Waals surface area contributed by atoms with E-state index in [1.807, 2.05) is 84.9 Å². The second-order valence-corrected chi connectivity index (χ2v) is 8.23. The zero-order valence-corrected chi connectivity index (χ0v) is 15.4. The van der Waals surface area contributed by atoms with Crippen molar-refractivity contribution in [2.75, 3.05) is 0 Å².